The first kappa shape index (κ1) is 26.3. The van der Waals surface area contributed by atoms with E-state index < -0.39 is 17.9 Å². The maximum Gasteiger partial charge on any atom is 0.573 e. The Morgan fingerprint density at radius 1 is 0.811 bits per heavy atom. The van der Waals surface area contributed by atoms with Crippen molar-refractivity contribution in [2.75, 3.05) is 6.61 Å². The van der Waals surface area contributed by atoms with E-state index in [1.807, 2.05) is 25.1 Å². The van der Waals surface area contributed by atoms with E-state index in [0.29, 0.717) is 47.5 Å². The van der Waals surface area contributed by atoms with Gasteiger partial charge < -0.3 is 9.47 Å². The molecular formula is C28H25F5N2O2. The third-order valence-electron chi connectivity index (χ3n) is 5.80. The van der Waals surface area contributed by atoms with Gasteiger partial charge in [0.2, 0.25) is 0 Å². The highest BCUT2D eigenvalue weighted by Gasteiger charge is 2.32. The number of hydrogen-bond donors (Lipinski definition) is 0. The summed E-state index contributed by atoms with van der Waals surface area (Å²) in [7, 11) is 0. The third-order valence-corrected chi connectivity index (χ3v) is 5.80. The van der Waals surface area contributed by atoms with Gasteiger partial charge in [0.1, 0.15) is 11.6 Å². The van der Waals surface area contributed by atoms with Gasteiger partial charge in [0.25, 0.3) is 0 Å². The Morgan fingerprint density at radius 3 is 2.22 bits per heavy atom. The summed E-state index contributed by atoms with van der Waals surface area (Å²) in [5, 5.41) is 1.22. The van der Waals surface area contributed by atoms with Crippen molar-refractivity contribution in [2.24, 2.45) is 0 Å². The van der Waals surface area contributed by atoms with Crippen LogP contribution in [-0.2, 0) is 25.7 Å². The van der Waals surface area contributed by atoms with Crippen molar-refractivity contribution < 1.29 is 31.4 Å². The predicted molar refractivity (Wildman–Crippen MR) is 130 cm³/mol. The highest BCUT2D eigenvalue weighted by atomic mass is 19.4. The number of hydrogen-bond acceptors (Lipinski definition) is 4. The standard InChI is InChI=1S/C28H25F5N2O2/c1-2-13-36-22-16-34-26(35-17-22)12-6-18-4-10-23-21(14-18)9-8-20(27(23)30)7-3-19-5-11-25(24(29)15-19)37-28(31,32)33/h4-5,8-11,14-17H,2-3,6-7,12-13H2,1H3. The van der Waals surface area contributed by atoms with Gasteiger partial charge in [-0.15, -0.1) is 13.2 Å². The first-order chi connectivity index (χ1) is 17.7. The van der Waals surface area contributed by atoms with E-state index in [0.717, 1.165) is 29.5 Å². The van der Waals surface area contributed by atoms with Crippen LogP contribution in [0.25, 0.3) is 10.8 Å². The highest BCUT2D eigenvalue weighted by molar-refractivity contribution is 5.84. The summed E-state index contributed by atoms with van der Waals surface area (Å²) in [5.41, 5.74) is 1.90. The third kappa shape index (κ3) is 7.15. The van der Waals surface area contributed by atoms with Gasteiger partial charge in [-0.1, -0.05) is 43.3 Å². The molecule has 4 aromatic rings. The Hall–Kier alpha value is -3.75. The SMILES string of the molecule is CCCOc1cnc(CCc2ccc3c(F)c(CCc4ccc(OC(F)(F)F)c(F)c4)ccc3c2)nc1. The van der Waals surface area contributed by atoms with Crippen molar-refractivity contribution in [3.8, 4) is 11.5 Å². The quantitative estimate of drug-likeness (QED) is 0.210. The van der Waals surface area contributed by atoms with Gasteiger partial charge in [-0.05, 0) is 59.9 Å². The molecule has 37 heavy (non-hydrogen) atoms. The fraction of sp³-hybridized carbons (Fsp3) is 0.286. The summed E-state index contributed by atoms with van der Waals surface area (Å²) in [6.07, 6.45) is 1.09. The van der Waals surface area contributed by atoms with Gasteiger partial charge in [-0.2, -0.15) is 0 Å². The van der Waals surface area contributed by atoms with Crippen LogP contribution in [-0.4, -0.2) is 22.9 Å². The van der Waals surface area contributed by atoms with Crippen LogP contribution in [0, 0.1) is 11.6 Å². The Labute approximate surface area is 211 Å². The molecule has 1 heterocycles. The van der Waals surface area contributed by atoms with E-state index in [2.05, 4.69) is 14.7 Å². The minimum atomic E-state index is -4.97. The smallest absolute Gasteiger partial charge is 0.490 e. The lowest BCUT2D eigenvalue weighted by Crippen LogP contribution is -2.18. The number of nitrogens with zero attached hydrogens (tertiary/aromatic N) is 2. The molecule has 0 fully saturated rings. The van der Waals surface area contributed by atoms with Gasteiger partial charge in [0.15, 0.2) is 17.3 Å². The Morgan fingerprint density at radius 2 is 1.51 bits per heavy atom. The second-order valence-electron chi connectivity index (χ2n) is 8.59. The molecule has 1 aromatic heterocycles. The molecular weight excluding hydrogens is 491 g/mol. The fourth-order valence-corrected chi connectivity index (χ4v) is 3.94. The fourth-order valence-electron chi connectivity index (χ4n) is 3.94. The molecule has 0 N–H and O–H groups in total. The van der Waals surface area contributed by atoms with E-state index in [4.69, 9.17) is 4.74 Å². The van der Waals surface area contributed by atoms with E-state index >= 15 is 4.39 Å². The minimum absolute atomic E-state index is 0.256. The molecule has 0 spiro atoms. The van der Waals surface area contributed by atoms with Gasteiger partial charge in [0, 0.05) is 11.8 Å². The summed E-state index contributed by atoms with van der Waals surface area (Å²) in [6, 6.07) is 12.3. The summed E-state index contributed by atoms with van der Waals surface area (Å²) >= 11 is 0. The largest absolute Gasteiger partial charge is 0.573 e. The Kier molecular flexibility index (Phi) is 8.21. The van der Waals surface area contributed by atoms with Crippen LogP contribution < -0.4 is 9.47 Å². The topological polar surface area (TPSA) is 44.2 Å². The van der Waals surface area contributed by atoms with Crippen LogP contribution in [0.15, 0.2) is 60.9 Å². The van der Waals surface area contributed by atoms with Crippen molar-refractivity contribution in [1.82, 2.24) is 9.97 Å². The Bertz CT molecular complexity index is 1360. The number of aryl methyl sites for hydroxylation is 4. The monoisotopic (exact) mass is 516 g/mol. The molecule has 0 aliphatic carbocycles. The van der Waals surface area contributed by atoms with Crippen molar-refractivity contribution in [3.05, 3.63) is 95.1 Å². The lowest BCUT2D eigenvalue weighted by molar-refractivity contribution is -0.275. The van der Waals surface area contributed by atoms with E-state index in [-0.39, 0.29) is 18.7 Å². The molecule has 0 unspecified atom stereocenters. The zero-order valence-corrected chi connectivity index (χ0v) is 20.1. The molecule has 194 valence electrons. The van der Waals surface area contributed by atoms with Crippen molar-refractivity contribution >= 4 is 10.8 Å². The lowest BCUT2D eigenvalue weighted by atomic mass is 9.98. The van der Waals surface area contributed by atoms with Crippen LogP contribution in [0.5, 0.6) is 11.5 Å². The summed E-state index contributed by atoms with van der Waals surface area (Å²) in [5.74, 6) is -1.05. The van der Waals surface area contributed by atoms with Crippen molar-refractivity contribution in [1.29, 1.82) is 0 Å². The number of alkyl halides is 3. The number of benzene rings is 3. The van der Waals surface area contributed by atoms with E-state index in [1.165, 1.54) is 6.07 Å². The molecule has 0 amide bonds. The van der Waals surface area contributed by atoms with Crippen LogP contribution in [0.1, 0.15) is 35.9 Å². The molecule has 9 heteroatoms. The summed E-state index contributed by atoms with van der Waals surface area (Å²) in [4.78, 5) is 8.66. The number of ether oxygens (including phenoxy) is 2. The van der Waals surface area contributed by atoms with E-state index in [1.54, 1.807) is 24.5 Å². The van der Waals surface area contributed by atoms with Crippen molar-refractivity contribution in [3.63, 3.8) is 0 Å². The van der Waals surface area contributed by atoms with Crippen LogP contribution >= 0.6 is 0 Å². The maximum absolute atomic E-state index is 15.2. The first-order valence-corrected chi connectivity index (χ1v) is 11.9. The maximum atomic E-state index is 15.2. The second kappa shape index (κ2) is 11.5. The zero-order chi connectivity index (χ0) is 26.4. The van der Waals surface area contributed by atoms with Gasteiger partial charge >= 0.3 is 6.36 Å². The molecule has 0 saturated heterocycles. The number of fused-ring (bicyclic) bond motifs is 1. The normalized spacial score (nSPS) is 11.6. The molecule has 0 saturated carbocycles. The molecule has 0 aliphatic heterocycles. The summed E-state index contributed by atoms with van der Waals surface area (Å²) in [6.45, 7) is 2.64. The Balaban J connectivity index is 1.39. The lowest BCUT2D eigenvalue weighted by Gasteiger charge is -2.11. The minimum Gasteiger partial charge on any atom is -0.490 e. The first-order valence-electron chi connectivity index (χ1n) is 11.9. The highest BCUT2D eigenvalue weighted by Crippen LogP contribution is 2.28. The molecule has 4 nitrogen and oxygen atoms in total. The molecule has 4 rings (SSSR count). The van der Waals surface area contributed by atoms with Crippen LogP contribution in [0.3, 0.4) is 0 Å². The van der Waals surface area contributed by atoms with E-state index in [9.17, 15) is 17.6 Å². The van der Waals surface area contributed by atoms with Gasteiger partial charge in [0.05, 0.1) is 19.0 Å². The summed E-state index contributed by atoms with van der Waals surface area (Å²) < 4.78 is 75.2. The average Bonchev–Trinajstić information content (AvgIpc) is 2.87. The van der Waals surface area contributed by atoms with Crippen molar-refractivity contribution in [2.45, 2.75) is 45.4 Å². The van der Waals surface area contributed by atoms with Crippen LogP contribution in [0.4, 0.5) is 22.0 Å². The molecule has 0 radical (unpaired) electrons. The molecule has 0 atom stereocenters. The zero-order valence-electron chi connectivity index (χ0n) is 20.1. The molecule has 3 aromatic carbocycles. The molecule has 0 aliphatic rings. The number of aromatic nitrogens is 2. The number of rotatable bonds is 10. The second-order valence-corrected chi connectivity index (χ2v) is 8.59. The van der Waals surface area contributed by atoms with Crippen LogP contribution in [0.2, 0.25) is 0 Å². The van der Waals surface area contributed by atoms with Gasteiger partial charge in [-0.25, -0.2) is 18.7 Å². The predicted octanol–water partition coefficient (Wildman–Crippen LogP) is 7.17. The molecule has 0 bridgehead atoms. The van der Waals surface area contributed by atoms with Gasteiger partial charge in [-0.3, -0.25) is 0 Å². The average molecular weight is 517 g/mol. The number of halogens is 5.